The average Bonchev–Trinajstić information content (AvgIpc) is 2.71. The predicted octanol–water partition coefficient (Wildman–Crippen LogP) is 6.41. The van der Waals surface area contributed by atoms with E-state index in [-0.39, 0.29) is 0 Å². The van der Waals surface area contributed by atoms with E-state index in [1.54, 1.807) is 0 Å². The molecule has 2 aromatic rings. The van der Waals surface area contributed by atoms with Gasteiger partial charge in [0.1, 0.15) is 0 Å². The van der Waals surface area contributed by atoms with Gasteiger partial charge >= 0.3 is 0 Å². The first-order chi connectivity index (χ1) is 8.39. The number of halogens is 1. The molecule has 0 nitrogen and oxygen atoms in total. The van der Waals surface area contributed by atoms with Crippen molar-refractivity contribution in [2.24, 2.45) is 11.3 Å². The fourth-order valence-electron chi connectivity index (χ4n) is 2.03. The predicted molar refractivity (Wildman–Crippen MR) is 86.7 cm³/mol. The second-order valence-electron chi connectivity index (χ2n) is 6.16. The molecule has 1 heterocycles. The van der Waals surface area contributed by atoms with Crippen LogP contribution >= 0.6 is 27.3 Å². The number of thiophene rings is 1. The van der Waals surface area contributed by atoms with E-state index in [2.05, 4.69) is 73.3 Å². The van der Waals surface area contributed by atoms with Crippen molar-refractivity contribution >= 4 is 37.4 Å². The average molecular weight is 325 g/mol. The van der Waals surface area contributed by atoms with Gasteiger partial charge in [0.25, 0.3) is 0 Å². The molecule has 0 fully saturated rings. The monoisotopic (exact) mass is 324 g/mol. The zero-order chi connectivity index (χ0) is 13.3. The summed E-state index contributed by atoms with van der Waals surface area (Å²) in [6.45, 7) is 9.32. The topological polar surface area (TPSA) is 0 Å². The minimum Gasteiger partial charge on any atom is -0.143 e. The molecule has 2 heteroatoms. The Kier molecular flexibility index (Phi) is 4.18. The smallest absolute Gasteiger partial charge is 0.0412 e. The third-order valence-electron chi connectivity index (χ3n) is 3.89. The van der Waals surface area contributed by atoms with Gasteiger partial charge in [0.2, 0.25) is 0 Å². The first kappa shape index (κ1) is 14.1. The van der Waals surface area contributed by atoms with Crippen molar-refractivity contribution < 1.29 is 0 Å². The first-order valence-electron chi connectivity index (χ1n) is 6.50. The summed E-state index contributed by atoms with van der Waals surface area (Å²) < 4.78 is 1.39. The van der Waals surface area contributed by atoms with Crippen molar-refractivity contribution in [2.75, 3.05) is 0 Å². The Bertz CT molecular complexity index is 521. The van der Waals surface area contributed by atoms with E-state index in [0.29, 0.717) is 16.2 Å². The molecular weight excluding hydrogens is 304 g/mol. The van der Waals surface area contributed by atoms with Crippen LogP contribution < -0.4 is 0 Å². The van der Waals surface area contributed by atoms with Crippen molar-refractivity contribution in [3.63, 3.8) is 0 Å². The molecule has 2 atom stereocenters. The zero-order valence-electron chi connectivity index (χ0n) is 11.5. The second kappa shape index (κ2) is 5.34. The van der Waals surface area contributed by atoms with Gasteiger partial charge in [-0.15, -0.1) is 11.3 Å². The number of hydrogen-bond donors (Lipinski definition) is 0. The number of fused-ring (bicyclic) bond motifs is 1. The molecule has 0 saturated heterocycles. The molecule has 0 radical (unpaired) electrons. The van der Waals surface area contributed by atoms with Gasteiger partial charge in [-0.3, -0.25) is 0 Å². The van der Waals surface area contributed by atoms with E-state index in [9.17, 15) is 0 Å². The zero-order valence-corrected chi connectivity index (χ0v) is 13.9. The minimum absolute atomic E-state index is 0.373. The molecule has 0 N–H and O–H groups in total. The van der Waals surface area contributed by atoms with Crippen LogP contribution in [0.4, 0.5) is 0 Å². The van der Waals surface area contributed by atoms with Gasteiger partial charge in [-0.1, -0.05) is 61.8 Å². The lowest BCUT2D eigenvalue weighted by Gasteiger charge is -2.29. The van der Waals surface area contributed by atoms with Gasteiger partial charge < -0.3 is 0 Å². The molecule has 2 unspecified atom stereocenters. The van der Waals surface area contributed by atoms with Gasteiger partial charge in [0.15, 0.2) is 0 Å². The maximum absolute atomic E-state index is 3.89. The van der Waals surface area contributed by atoms with Gasteiger partial charge in [-0.25, -0.2) is 0 Å². The molecule has 1 aromatic heterocycles. The highest BCUT2D eigenvalue weighted by Crippen LogP contribution is 2.41. The summed E-state index contributed by atoms with van der Waals surface area (Å²) in [7, 11) is 0. The fraction of sp³-hybridized carbons (Fsp3) is 0.500. The van der Waals surface area contributed by atoms with Gasteiger partial charge in [0.05, 0.1) is 0 Å². The summed E-state index contributed by atoms with van der Waals surface area (Å²) in [5.41, 5.74) is 1.82. The van der Waals surface area contributed by atoms with E-state index in [0.717, 1.165) is 0 Å². The summed E-state index contributed by atoms with van der Waals surface area (Å²) in [5.74, 6) is 0.695. The fourth-order valence-corrected chi connectivity index (χ4v) is 4.16. The Morgan fingerprint density at radius 3 is 2.56 bits per heavy atom. The van der Waals surface area contributed by atoms with E-state index >= 15 is 0 Å². The second-order valence-corrected chi connectivity index (χ2v) is 8.17. The molecule has 0 amide bonds. The third-order valence-corrected chi connectivity index (χ3v) is 5.74. The Balaban J connectivity index is 2.21. The van der Waals surface area contributed by atoms with Gasteiger partial charge in [0, 0.05) is 9.53 Å². The van der Waals surface area contributed by atoms with Crippen molar-refractivity contribution in [1.29, 1.82) is 0 Å². The highest BCUT2D eigenvalue weighted by Gasteiger charge is 2.24. The Hall–Kier alpha value is -0.340. The number of hydrogen-bond acceptors (Lipinski definition) is 1. The Labute approximate surface area is 123 Å². The van der Waals surface area contributed by atoms with Crippen molar-refractivity contribution in [2.45, 2.75) is 38.9 Å². The van der Waals surface area contributed by atoms with E-state index in [1.165, 1.54) is 22.1 Å². The summed E-state index contributed by atoms with van der Waals surface area (Å²) in [5, 5.41) is 3.71. The number of alkyl halides is 1. The van der Waals surface area contributed by atoms with Crippen molar-refractivity contribution in [1.82, 2.24) is 0 Å². The van der Waals surface area contributed by atoms with Gasteiger partial charge in [-0.2, -0.15) is 0 Å². The maximum atomic E-state index is 3.89. The molecular formula is C16H21BrS. The molecule has 1 aromatic carbocycles. The molecule has 0 spiro atoms. The lowest BCUT2D eigenvalue weighted by molar-refractivity contribution is 0.247. The minimum atomic E-state index is 0.373. The Morgan fingerprint density at radius 2 is 1.89 bits per heavy atom. The first-order valence-corrected chi connectivity index (χ1v) is 8.29. The van der Waals surface area contributed by atoms with Crippen LogP contribution in [0.2, 0.25) is 0 Å². The van der Waals surface area contributed by atoms with Crippen LogP contribution in [0.25, 0.3) is 10.1 Å². The van der Waals surface area contributed by atoms with Crippen LogP contribution in [-0.2, 0) is 0 Å². The normalized spacial score (nSPS) is 15.8. The summed E-state index contributed by atoms with van der Waals surface area (Å²) >= 11 is 5.73. The van der Waals surface area contributed by atoms with E-state index in [4.69, 9.17) is 0 Å². The van der Waals surface area contributed by atoms with Crippen LogP contribution in [0.5, 0.6) is 0 Å². The van der Waals surface area contributed by atoms with E-state index < -0.39 is 0 Å². The van der Waals surface area contributed by atoms with Crippen LogP contribution in [0, 0.1) is 11.3 Å². The van der Waals surface area contributed by atoms with E-state index in [1.807, 2.05) is 11.3 Å². The maximum Gasteiger partial charge on any atom is 0.0412 e. The quantitative estimate of drug-likeness (QED) is 0.572. The molecule has 0 aliphatic carbocycles. The highest BCUT2D eigenvalue weighted by atomic mass is 79.9. The van der Waals surface area contributed by atoms with Crippen LogP contribution in [0.3, 0.4) is 0 Å². The summed E-state index contributed by atoms with van der Waals surface area (Å²) in [6, 6.07) is 8.68. The summed E-state index contributed by atoms with van der Waals surface area (Å²) in [4.78, 5) is 0.461. The molecule has 98 valence electrons. The van der Waals surface area contributed by atoms with Crippen LogP contribution in [0.15, 0.2) is 29.6 Å². The number of benzene rings is 1. The lowest BCUT2D eigenvalue weighted by atomic mass is 9.79. The van der Waals surface area contributed by atoms with Gasteiger partial charge in [-0.05, 0) is 40.1 Å². The van der Waals surface area contributed by atoms with Crippen molar-refractivity contribution in [3.05, 3.63) is 35.2 Å². The molecule has 0 saturated carbocycles. The SMILES string of the molecule is CC(CC(Br)c1csc2ccccc12)C(C)(C)C. The molecule has 0 bridgehead atoms. The molecule has 18 heavy (non-hydrogen) atoms. The van der Waals surface area contributed by atoms with Crippen LogP contribution in [0.1, 0.15) is 44.5 Å². The molecule has 2 rings (SSSR count). The molecule has 0 aliphatic rings. The molecule has 0 aliphatic heterocycles. The Morgan fingerprint density at radius 1 is 1.22 bits per heavy atom. The third kappa shape index (κ3) is 2.97. The number of rotatable bonds is 3. The highest BCUT2D eigenvalue weighted by molar-refractivity contribution is 9.09. The van der Waals surface area contributed by atoms with Crippen molar-refractivity contribution in [3.8, 4) is 0 Å². The standard InChI is InChI=1S/C16H21BrS/c1-11(16(2,3)4)9-14(17)13-10-18-15-8-6-5-7-12(13)15/h5-8,10-11,14H,9H2,1-4H3. The van der Waals surface area contributed by atoms with Crippen LogP contribution in [-0.4, -0.2) is 0 Å². The largest absolute Gasteiger partial charge is 0.143 e. The lowest BCUT2D eigenvalue weighted by Crippen LogP contribution is -2.18. The summed E-state index contributed by atoms with van der Waals surface area (Å²) in [6.07, 6.45) is 1.18.